The number of aromatic nitrogens is 2. The number of rotatable bonds is 5. The number of anilines is 2. The van der Waals surface area contributed by atoms with Gasteiger partial charge in [-0.15, -0.1) is 0 Å². The highest BCUT2D eigenvalue weighted by molar-refractivity contribution is 7.93. The van der Waals surface area contributed by atoms with E-state index in [-0.39, 0.29) is 26.4 Å². The predicted molar refractivity (Wildman–Crippen MR) is 98.0 cm³/mol. The number of carbonyl (C=O) groups excluding carboxylic acids is 1. The van der Waals surface area contributed by atoms with E-state index in [1.807, 2.05) is 0 Å². The molecule has 0 atom stereocenters. The lowest BCUT2D eigenvalue weighted by atomic mass is 10.3. The van der Waals surface area contributed by atoms with E-state index in [4.69, 9.17) is 4.52 Å². The minimum absolute atomic E-state index is 0.0387. The largest absolute Gasteiger partial charge is 0.360 e. The molecule has 1 aromatic carbocycles. The second-order valence-electron chi connectivity index (χ2n) is 5.65. The monoisotopic (exact) mass is 410 g/mol. The molecule has 0 aliphatic rings. The second kappa shape index (κ2) is 7.08. The summed E-state index contributed by atoms with van der Waals surface area (Å²) in [5.74, 6) is -0.736. The molecule has 0 fully saturated rings. The number of hydrogen-bond donors (Lipinski definition) is 2. The summed E-state index contributed by atoms with van der Waals surface area (Å²) in [6, 6.07) is 5.28. The molecule has 0 saturated carbocycles. The normalized spacial score (nSPS) is 11.4. The van der Waals surface area contributed by atoms with Crippen molar-refractivity contribution in [3.8, 4) is 0 Å². The molecule has 3 aromatic rings. The minimum Gasteiger partial charge on any atom is -0.360 e. The Balaban J connectivity index is 1.82. The lowest BCUT2D eigenvalue weighted by molar-refractivity contribution is 0.102. The molecule has 0 spiro atoms. The van der Waals surface area contributed by atoms with Crippen molar-refractivity contribution in [3.63, 3.8) is 0 Å². The standard InChI is InChI=1S/C16H15FN4O4S2/c1-8-13(15(22)19-12-6-4-11(17)5-7-12)26-16(18-8)21-27(23,24)14-9(2)20-25-10(14)3/h4-7H,1-3H3,(H,18,21)(H,19,22). The van der Waals surface area contributed by atoms with Gasteiger partial charge < -0.3 is 9.84 Å². The molecular weight excluding hydrogens is 395 g/mol. The molecule has 8 nitrogen and oxygen atoms in total. The van der Waals surface area contributed by atoms with E-state index in [0.29, 0.717) is 11.4 Å². The number of aryl methyl sites for hydroxylation is 3. The fourth-order valence-corrected chi connectivity index (χ4v) is 4.82. The zero-order chi connectivity index (χ0) is 19.8. The van der Waals surface area contributed by atoms with Crippen molar-refractivity contribution in [1.29, 1.82) is 0 Å². The lowest BCUT2D eigenvalue weighted by Gasteiger charge is -2.04. The first-order valence-corrected chi connectivity index (χ1v) is 9.97. The Hall–Kier alpha value is -2.79. The van der Waals surface area contributed by atoms with Crippen molar-refractivity contribution >= 4 is 38.1 Å². The van der Waals surface area contributed by atoms with Crippen LogP contribution in [0.15, 0.2) is 33.7 Å². The molecular formula is C16H15FN4O4S2. The molecule has 2 aromatic heterocycles. The quantitative estimate of drug-likeness (QED) is 0.667. The van der Waals surface area contributed by atoms with E-state index in [0.717, 1.165) is 11.3 Å². The van der Waals surface area contributed by atoms with Crippen molar-refractivity contribution < 1.29 is 22.1 Å². The van der Waals surface area contributed by atoms with Gasteiger partial charge in [0.15, 0.2) is 15.8 Å². The summed E-state index contributed by atoms with van der Waals surface area (Å²) in [5, 5.41) is 6.28. The molecule has 2 N–H and O–H groups in total. The van der Waals surface area contributed by atoms with E-state index >= 15 is 0 Å². The average Bonchev–Trinajstić information content (AvgIpc) is 3.11. The van der Waals surface area contributed by atoms with Crippen LogP contribution in [0.3, 0.4) is 0 Å². The Labute approximate surface area is 158 Å². The molecule has 0 bridgehead atoms. The summed E-state index contributed by atoms with van der Waals surface area (Å²) in [5.41, 5.74) is 0.991. The maximum Gasteiger partial charge on any atom is 0.269 e. The van der Waals surface area contributed by atoms with Gasteiger partial charge in [-0.1, -0.05) is 16.5 Å². The smallest absolute Gasteiger partial charge is 0.269 e. The molecule has 0 aliphatic carbocycles. The van der Waals surface area contributed by atoms with Crippen LogP contribution < -0.4 is 10.0 Å². The van der Waals surface area contributed by atoms with Gasteiger partial charge in [0.2, 0.25) is 0 Å². The average molecular weight is 410 g/mol. The highest BCUT2D eigenvalue weighted by Gasteiger charge is 2.26. The SMILES string of the molecule is Cc1nc(NS(=O)(=O)c2c(C)noc2C)sc1C(=O)Nc1ccc(F)cc1. The summed E-state index contributed by atoms with van der Waals surface area (Å²) in [6.07, 6.45) is 0. The van der Waals surface area contributed by atoms with E-state index in [1.165, 1.54) is 38.1 Å². The number of hydrogen-bond acceptors (Lipinski definition) is 7. The van der Waals surface area contributed by atoms with Gasteiger partial charge in [-0.2, -0.15) is 0 Å². The van der Waals surface area contributed by atoms with Crippen LogP contribution in [0.25, 0.3) is 0 Å². The molecule has 27 heavy (non-hydrogen) atoms. The Morgan fingerprint density at radius 3 is 2.41 bits per heavy atom. The topological polar surface area (TPSA) is 114 Å². The van der Waals surface area contributed by atoms with Crippen LogP contribution in [0.2, 0.25) is 0 Å². The van der Waals surface area contributed by atoms with Crippen LogP contribution in [-0.4, -0.2) is 24.5 Å². The van der Waals surface area contributed by atoms with Gasteiger partial charge in [-0.25, -0.2) is 17.8 Å². The summed E-state index contributed by atoms with van der Waals surface area (Å²) in [4.78, 5) is 16.7. The third-order valence-electron chi connectivity index (χ3n) is 3.56. The third-order valence-corrected chi connectivity index (χ3v) is 6.35. The molecule has 0 aliphatic heterocycles. The zero-order valence-corrected chi connectivity index (χ0v) is 16.2. The summed E-state index contributed by atoms with van der Waals surface area (Å²) in [6.45, 7) is 4.59. The van der Waals surface area contributed by atoms with Crippen LogP contribution >= 0.6 is 11.3 Å². The minimum atomic E-state index is -3.96. The van der Waals surface area contributed by atoms with Crippen molar-refractivity contribution in [2.75, 3.05) is 10.0 Å². The molecule has 3 rings (SSSR count). The highest BCUT2D eigenvalue weighted by Crippen LogP contribution is 2.28. The third kappa shape index (κ3) is 3.98. The molecule has 0 radical (unpaired) electrons. The van der Waals surface area contributed by atoms with Gasteiger partial charge in [0, 0.05) is 5.69 Å². The number of nitrogens with one attached hydrogen (secondary N) is 2. The Morgan fingerprint density at radius 1 is 1.15 bits per heavy atom. The molecule has 142 valence electrons. The Kier molecular flexibility index (Phi) is 4.98. The van der Waals surface area contributed by atoms with Gasteiger partial charge in [0.1, 0.15) is 16.4 Å². The van der Waals surface area contributed by atoms with Crippen molar-refractivity contribution in [1.82, 2.24) is 10.1 Å². The van der Waals surface area contributed by atoms with Crippen molar-refractivity contribution in [2.45, 2.75) is 25.7 Å². The Bertz CT molecular complexity index is 1080. The fourth-order valence-electron chi connectivity index (χ4n) is 2.40. The molecule has 1 amide bonds. The van der Waals surface area contributed by atoms with E-state index in [9.17, 15) is 17.6 Å². The summed E-state index contributed by atoms with van der Waals surface area (Å²) < 4.78 is 45.2. The highest BCUT2D eigenvalue weighted by atomic mass is 32.2. The molecule has 2 heterocycles. The van der Waals surface area contributed by atoms with Crippen LogP contribution in [0, 0.1) is 26.6 Å². The maximum atomic E-state index is 12.9. The number of benzene rings is 1. The van der Waals surface area contributed by atoms with Crippen LogP contribution in [0.4, 0.5) is 15.2 Å². The lowest BCUT2D eigenvalue weighted by Crippen LogP contribution is -2.14. The van der Waals surface area contributed by atoms with Crippen molar-refractivity contribution in [3.05, 3.63) is 52.1 Å². The number of halogens is 1. The predicted octanol–water partition coefficient (Wildman–Crippen LogP) is 3.25. The van der Waals surface area contributed by atoms with Crippen LogP contribution in [0.1, 0.15) is 26.8 Å². The van der Waals surface area contributed by atoms with Crippen LogP contribution in [0.5, 0.6) is 0 Å². The first-order chi connectivity index (χ1) is 12.7. The van der Waals surface area contributed by atoms with E-state index in [1.54, 1.807) is 6.92 Å². The zero-order valence-electron chi connectivity index (χ0n) is 14.5. The van der Waals surface area contributed by atoms with Gasteiger partial charge in [0.25, 0.3) is 15.9 Å². The summed E-state index contributed by atoms with van der Waals surface area (Å²) >= 11 is 0.887. The number of amides is 1. The number of sulfonamides is 1. The number of nitrogens with zero attached hydrogens (tertiary/aromatic N) is 2. The van der Waals surface area contributed by atoms with Gasteiger partial charge in [-0.3, -0.25) is 9.52 Å². The maximum absolute atomic E-state index is 12.9. The van der Waals surface area contributed by atoms with Gasteiger partial charge in [-0.05, 0) is 45.0 Å². The van der Waals surface area contributed by atoms with Crippen molar-refractivity contribution in [2.24, 2.45) is 0 Å². The molecule has 0 unspecified atom stereocenters. The van der Waals surface area contributed by atoms with Crippen LogP contribution in [-0.2, 0) is 10.0 Å². The number of thiazole rings is 1. The van der Waals surface area contributed by atoms with Gasteiger partial charge >= 0.3 is 0 Å². The Morgan fingerprint density at radius 2 is 1.81 bits per heavy atom. The van der Waals surface area contributed by atoms with E-state index in [2.05, 4.69) is 20.2 Å². The number of carbonyl (C=O) groups is 1. The fraction of sp³-hybridized carbons (Fsp3) is 0.188. The van der Waals surface area contributed by atoms with Gasteiger partial charge in [0.05, 0.1) is 5.69 Å². The van der Waals surface area contributed by atoms with E-state index < -0.39 is 21.7 Å². The second-order valence-corrected chi connectivity index (χ2v) is 8.27. The first kappa shape index (κ1) is 19.0. The first-order valence-electron chi connectivity index (χ1n) is 7.67. The molecule has 0 saturated heterocycles. The molecule has 11 heteroatoms. The summed E-state index contributed by atoms with van der Waals surface area (Å²) in [7, 11) is -3.96.